The number of carbonyl (C=O) groups excluding carboxylic acids is 1. The molecule has 2 unspecified atom stereocenters. The lowest BCUT2D eigenvalue weighted by atomic mass is 9.88. The number of amides is 1. The summed E-state index contributed by atoms with van der Waals surface area (Å²) < 4.78 is 13.3. The number of hydrazone groups is 1. The van der Waals surface area contributed by atoms with Gasteiger partial charge in [-0.2, -0.15) is 5.10 Å². The zero-order chi connectivity index (χ0) is 14.8. The second-order valence-corrected chi connectivity index (χ2v) is 5.45. The van der Waals surface area contributed by atoms with Crippen LogP contribution in [0.3, 0.4) is 0 Å². The minimum Gasteiger partial charge on any atom is -0.272 e. The van der Waals surface area contributed by atoms with E-state index < -0.39 is 11.2 Å². The van der Waals surface area contributed by atoms with Gasteiger partial charge in [0.05, 0.1) is 17.7 Å². The van der Waals surface area contributed by atoms with Gasteiger partial charge in [0.2, 0.25) is 5.91 Å². The van der Waals surface area contributed by atoms with Gasteiger partial charge in [-0.05, 0) is 25.0 Å². The minimum absolute atomic E-state index is 0.141. The Bertz CT molecular complexity index is 531. The van der Waals surface area contributed by atoms with Crippen LogP contribution in [0.5, 0.6) is 0 Å². The first-order chi connectivity index (χ1) is 9.51. The summed E-state index contributed by atoms with van der Waals surface area (Å²) in [6.45, 7) is 3.73. The van der Waals surface area contributed by atoms with Gasteiger partial charge in [-0.1, -0.05) is 6.92 Å². The summed E-state index contributed by atoms with van der Waals surface area (Å²) >= 11 is 5.93. The number of carbonyl (C=O) groups is 1. The van der Waals surface area contributed by atoms with Crippen LogP contribution < -0.4 is 0 Å². The second-order valence-electron chi connectivity index (χ2n) is 5.18. The summed E-state index contributed by atoms with van der Waals surface area (Å²) in [6, 6.07) is 1.08. The summed E-state index contributed by atoms with van der Waals surface area (Å²) in [4.78, 5) is 16.4. The van der Waals surface area contributed by atoms with E-state index in [0.717, 1.165) is 6.20 Å². The molecule has 1 aromatic heterocycles. The molecule has 6 heteroatoms. The van der Waals surface area contributed by atoms with Crippen molar-refractivity contribution in [1.29, 1.82) is 0 Å². The average Bonchev–Trinajstić information content (AvgIpc) is 2.95. The van der Waals surface area contributed by atoms with Crippen molar-refractivity contribution >= 4 is 23.7 Å². The zero-order valence-corrected chi connectivity index (χ0v) is 12.3. The van der Waals surface area contributed by atoms with Gasteiger partial charge in [0, 0.05) is 24.7 Å². The third-order valence-electron chi connectivity index (χ3n) is 3.74. The molecule has 0 saturated carbocycles. The van der Waals surface area contributed by atoms with Gasteiger partial charge in [-0.25, -0.2) is 9.40 Å². The maximum absolute atomic E-state index is 13.3. The molecule has 4 nitrogen and oxygen atoms in total. The van der Waals surface area contributed by atoms with Crippen molar-refractivity contribution in [2.24, 2.45) is 10.5 Å². The molecule has 2 heterocycles. The summed E-state index contributed by atoms with van der Waals surface area (Å²) in [5, 5.41) is 5.54. The van der Waals surface area contributed by atoms with Gasteiger partial charge in [0.15, 0.2) is 0 Å². The topological polar surface area (TPSA) is 45.6 Å². The number of pyridine rings is 1. The van der Waals surface area contributed by atoms with Crippen LogP contribution in [0, 0.1) is 11.2 Å². The molecule has 0 aliphatic carbocycles. The van der Waals surface area contributed by atoms with Crippen molar-refractivity contribution in [3.63, 3.8) is 0 Å². The number of hydrogen-bond donors (Lipinski definition) is 0. The molecule has 0 saturated heterocycles. The van der Waals surface area contributed by atoms with Gasteiger partial charge < -0.3 is 0 Å². The molecule has 1 amide bonds. The predicted molar refractivity (Wildman–Crippen MR) is 76.0 cm³/mol. The summed E-state index contributed by atoms with van der Waals surface area (Å²) in [7, 11) is 0. The van der Waals surface area contributed by atoms with E-state index in [1.54, 1.807) is 12.4 Å². The van der Waals surface area contributed by atoms with Crippen LogP contribution in [-0.4, -0.2) is 28.0 Å². The number of hydrogen-bond acceptors (Lipinski definition) is 3. The van der Waals surface area contributed by atoms with Gasteiger partial charge >= 0.3 is 0 Å². The van der Waals surface area contributed by atoms with E-state index >= 15 is 0 Å². The molecule has 0 bridgehead atoms. The Kier molecular flexibility index (Phi) is 4.38. The summed E-state index contributed by atoms with van der Waals surface area (Å²) in [6.07, 6.45) is 5.54. The third kappa shape index (κ3) is 2.68. The van der Waals surface area contributed by atoms with E-state index in [4.69, 9.17) is 11.6 Å². The van der Waals surface area contributed by atoms with Crippen LogP contribution >= 0.6 is 11.6 Å². The highest BCUT2D eigenvalue weighted by molar-refractivity contribution is 6.19. The number of alkyl halides is 1. The Morgan fingerprint density at radius 3 is 2.95 bits per heavy atom. The van der Waals surface area contributed by atoms with Crippen LogP contribution in [-0.2, 0) is 4.79 Å². The number of aromatic nitrogens is 1. The van der Waals surface area contributed by atoms with Gasteiger partial charge in [-0.15, -0.1) is 11.6 Å². The van der Waals surface area contributed by atoms with Crippen LogP contribution in [0.1, 0.15) is 38.3 Å². The Morgan fingerprint density at radius 1 is 1.60 bits per heavy atom. The lowest BCUT2D eigenvalue weighted by Gasteiger charge is -2.31. The first-order valence-corrected chi connectivity index (χ1v) is 7.08. The summed E-state index contributed by atoms with van der Waals surface area (Å²) in [5.74, 6) is -0.335. The standard InChI is InChI=1S/C14H17ClFN3O/c1-3-14(2,9-15)13(20)19-12(4-5-18-19)10-6-11(16)8-17-7-10/h5-8,12H,3-4,9H2,1-2H3. The molecule has 2 rings (SSSR count). The second kappa shape index (κ2) is 5.87. The molecule has 0 N–H and O–H groups in total. The fourth-order valence-corrected chi connectivity index (χ4v) is 2.38. The van der Waals surface area contributed by atoms with Gasteiger partial charge in [0.25, 0.3) is 0 Å². The lowest BCUT2D eigenvalue weighted by molar-refractivity contribution is -0.142. The van der Waals surface area contributed by atoms with E-state index in [0.29, 0.717) is 18.4 Å². The van der Waals surface area contributed by atoms with E-state index in [9.17, 15) is 9.18 Å². The summed E-state index contributed by atoms with van der Waals surface area (Å²) in [5.41, 5.74) is -0.0220. The largest absolute Gasteiger partial charge is 0.272 e. The Hall–Kier alpha value is -1.49. The molecular weight excluding hydrogens is 281 g/mol. The fourth-order valence-electron chi connectivity index (χ4n) is 2.08. The van der Waals surface area contributed by atoms with Gasteiger partial charge in [-0.3, -0.25) is 9.78 Å². The fraction of sp³-hybridized carbons (Fsp3) is 0.500. The molecule has 2 atom stereocenters. The Balaban J connectivity index is 2.27. The molecule has 20 heavy (non-hydrogen) atoms. The van der Waals surface area contributed by atoms with Crippen molar-refractivity contribution in [2.75, 3.05) is 5.88 Å². The smallest absolute Gasteiger partial charge is 0.250 e. The Morgan fingerprint density at radius 2 is 2.35 bits per heavy atom. The van der Waals surface area contributed by atoms with Crippen LogP contribution in [0.2, 0.25) is 0 Å². The SMILES string of the molecule is CCC(C)(CCl)C(=O)N1N=CCC1c1cncc(F)c1. The first-order valence-electron chi connectivity index (χ1n) is 6.54. The van der Waals surface area contributed by atoms with E-state index in [1.807, 2.05) is 13.8 Å². The van der Waals surface area contributed by atoms with Crippen molar-refractivity contribution in [1.82, 2.24) is 9.99 Å². The third-order valence-corrected chi connectivity index (χ3v) is 4.33. The zero-order valence-electron chi connectivity index (χ0n) is 11.5. The molecule has 1 aliphatic rings. The minimum atomic E-state index is -0.664. The number of halogens is 2. The lowest BCUT2D eigenvalue weighted by Crippen LogP contribution is -2.41. The highest BCUT2D eigenvalue weighted by Gasteiger charge is 2.39. The quantitative estimate of drug-likeness (QED) is 0.802. The number of rotatable bonds is 4. The highest BCUT2D eigenvalue weighted by atomic mass is 35.5. The first kappa shape index (κ1) is 14.9. The van der Waals surface area contributed by atoms with Crippen LogP contribution in [0.4, 0.5) is 4.39 Å². The average molecular weight is 298 g/mol. The molecule has 0 aromatic carbocycles. The molecule has 108 valence electrons. The molecule has 1 aliphatic heterocycles. The highest BCUT2D eigenvalue weighted by Crippen LogP contribution is 2.34. The maximum atomic E-state index is 13.3. The van der Waals surface area contributed by atoms with Crippen molar-refractivity contribution in [3.05, 3.63) is 29.8 Å². The van der Waals surface area contributed by atoms with Crippen LogP contribution in [0.15, 0.2) is 23.6 Å². The molecule has 0 spiro atoms. The molecular formula is C14H17ClFN3O. The molecule has 0 fully saturated rings. The van der Waals surface area contributed by atoms with Gasteiger partial charge in [0.1, 0.15) is 5.82 Å². The molecule has 0 radical (unpaired) electrons. The van der Waals surface area contributed by atoms with E-state index in [1.165, 1.54) is 11.1 Å². The number of nitrogens with zero attached hydrogens (tertiary/aromatic N) is 3. The van der Waals surface area contributed by atoms with E-state index in [-0.39, 0.29) is 17.8 Å². The predicted octanol–water partition coefficient (Wildman–Crippen LogP) is 3.14. The van der Waals surface area contributed by atoms with Crippen LogP contribution in [0.25, 0.3) is 0 Å². The van der Waals surface area contributed by atoms with E-state index in [2.05, 4.69) is 10.1 Å². The maximum Gasteiger partial charge on any atom is 0.250 e. The monoisotopic (exact) mass is 297 g/mol. The van der Waals surface area contributed by atoms with Crippen molar-refractivity contribution in [3.8, 4) is 0 Å². The normalized spacial score (nSPS) is 21.0. The molecule has 1 aromatic rings. The Labute approximate surface area is 122 Å². The van der Waals surface area contributed by atoms with Crippen molar-refractivity contribution < 1.29 is 9.18 Å². The van der Waals surface area contributed by atoms with Crippen molar-refractivity contribution in [2.45, 2.75) is 32.7 Å².